The maximum Gasteiger partial charge on any atom is 0.221 e. The smallest absolute Gasteiger partial charge is 0.221 e. The van der Waals surface area contributed by atoms with E-state index in [1.807, 2.05) is 0 Å². The Labute approximate surface area is 97.0 Å². The van der Waals surface area contributed by atoms with Crippen molar-refractivity contribution in [3.63, 3.8) is 0 Å². The second-order valence-electron chi connectivity index (χ2n) is 3.25. The zero-order chi connectivity index (χ0) is 11.3. The second-order valence-corrected chi connectivity index (χ2v) is 4.04. The lowest BCUT2D eigenvalue weighted by atomic mass is 10.1. The number of amides is 1. The number of hydrogen-bond acceptors (Lipinski definition) is 1. The van der Waals surface area contributed by atoms with E-state index in [1.165, 1.54) is 6.07 Å². The standard InChI is InChI=1S/C11H13BrFNO/c1-8(14-11(15)6-7-12)9-4-2-3-5-10(9)13/h2-5,8H,6-7H2,1H3,(H,14,15). The van der Waals surface area contributed by atoms with Crippen molar-refractivity contribution in [1.82, 2.24) is 5.32 Å². The Hall–Kier alpha value is -0.900. The molecule has 1 amide bonds. The third-order valence-corrected chi connectivity index (χ3v) is 2.47. The van der Waals surface area contributed by atoms with Crippen molar-refractivity contribution in [1.29, 1.82) is 0 Å². The fourth-order valence-corrected chi connectivity index (χ4v) is 1.66. The SMILES string of the molecule is CC(NC(=O)CCBr)c1ccccc1F. The largest absolute Gasteiger partial charge is 0.349 e. The van der Waals surface area contributed by atoms with E-state index in [1.54, 1.807) is 25.1 Å². The van der Waals surface area contributed by atoms with E-state index in [-0.39, 0.29) is 17.8 Å². The van der Waals surface area contributed by atoms with Gasteiger partial charge in [-0.3, -0.25) is 4.79 Å². The van der Waals surface area contributed by atoms with Gasteiger partial charge in [0, 0.05) is 17.3 Å². The molecule has 1 N–H and O–H groups in total. The Morgan fingerprint density at radius 2 is 2.20 bits per heavy atom. The molecule has 15 heavy (non-hydrogen) atoms. The van der Waals surface area contributed by atoms with Gasteiger partial charge < -0.3 is 5.32 Å². The van der Waals surface area contributed by atoms with Gasteiger partial charge in [0.1, 0.15) is 5.82 Å². The lowest BCUT2D eigenvalue weighted by molar-refractivity contribution is -0.121. The Morgan fingerprint density at radius 1 is 1.53 bits per heavy atom. The van der Waals surface area contributed by atoms with Crippen molar-refractivity contribution in [2.75, 3.05) is 5.33 Å². The van der Waals surface area contributed by atoms with Crippen LogP contribution in [0.5, 0.6) is 0 Å². The number of carbonyl (C=O) groups excluding carboxylic acids is 1. The molecule has 4 heteroatoms. The van der Waals surface area contributed by atoms with Gasteiger partial charge in [-0.05, 0) is 13.0 Å². The minimum absolute atomic E-state index is 0.0809. The first-order valence-corrected chi connectivity index (χ1v) is 5.87. The monoisotopic (exact) mass is 273 g/mol. The van der Waals surface area contributed by atoms with Crippen LogP contribution in [0, 0.1) is 5.82 Å². The highest BCUT2D eigenvalue weighted by atomic mass is 79.9. The first kappa shape index (κ1) is 12.2. The maximum absolute atomic E-state index is 13.3. The molecule has 0 heterocycles. The Balaban J connectivity index is 2.65. The zero-order valence-corrected chi connectivity index (χ0v) is 10.1. The quantitative estimate of drug-likeness (QED) is 0.840. The highest BCUT2D eigenvalue weighted by Gasteiger charge is 2.12. The van der Waals surface area contributed by atoms with Gasteiger partial charge in [0.15, 0.2) is 0 Å². The third kappa shape index (κ3) is 3.63. The number of halogens is 2. The maximum atomic E-state index is 13.3. The summed E-state index contributed by atoms with van der Waals surface area (Å²) in [5.74, 6) is -0.369. The molecule has 1 atom stereocenters. The molecule has 0 aliphatic carbocycles. The van der Waals surface area contributed by atoms with E-state index in [9.17, 15) is 9.18 Å². The summed E-state index contributed by atoms with van der Waals surface area (Å²) in [7, 11) is 0. The molecule has 0 aliphatic rings. The van der Waals surface area contributed by atoms with Crippen LogP contribution in [0.4, 0.5) is 4.39 Å². The van der Waals surface area contributed by atoms with E-state index in [2.05, 4.69) is 21.2 Å². The van der Waals surface area contributed by atoms with Gasteiger partial charge >= 0.3 is 0 Å². The molecule has 82 valence electrons. The molecule has 0 saturated heterocycles. The predicted molar refractivity (Wildman–Crippen MR) is 61.4 cm³/mol. The van der Waals surface area contributed by atoms with Gasteiger partial charge in [0.2, 0.25) is 5.91 Å². The molecule has 0 aliphatic heterocycles. The number of alkyl halides is 1. The van der Waals surface area contributed by atoms with Crippen LogP contribution in [0.25, 0.3) is 0 Å². The van der Waals surface area contributed by atoms with Crippen LogP contribution in [0.3, 0.4) is 0 Å². The van der Waals surface area contributed by atoms with Crippen LogP contribution >= 0.6 is 15.9 Å². The molecule has 0 spiro atoms. The summed E-state index contributed by atoms with van der Waals surface area (Å²) in [6, 6.07) is 6.16. The van der Waals surface area contributed by atoms with Crippen LogP contribution in [0.2, 0.25) is 0 Å². The molecule has 1 rings (SSSR count). The summed E-state index contributed by atoms with van der Waals surface area (Å²) >= 11 is 3.18. The summed E-state index contributed by atoms with van der Waals surface area (Å²) in [5.41, 5.74) is 0.514. The van der Waals surface area contributed by atoms with Crippen molar-refractivity contribution in [2.24, 2.45) is 0 Å². The van der Waals surface area contributed by atoms with Crippen LogP contribution < -0.4 is 5.32 Å². The van der Waals surface area contributed by atoms with Crippen LogP contribution in [0.1, 0.15) is 24.9 Å². The third-order valence-electron chi connectivity index (χ3n) is 2.07. The van der Waals surface area contributed by atoms with Gasteiger partial charge in [0.05, 0.1) is 6.04 Å². The summed E-state index contributed by atoms with van der Waals surface area (Å²) < 4.78 is 13.3. The van der Waals surface area contributed by atoms with Crippen molar-refractivity contribution in [3.05, 3.63) is 35.6 Å². The average molecular weight is 274 g/mol. The van der Waals surface area contributed by atoms with E-state index in [0.29, 0.717) is 17.3 Å². The summed E-state index contributed by atoms with van der Waals surface area (Å²) in [5, 5.41) is 3.34. The molecular formula is C11H13BrFNO. The van der Waals surface area contributed by atoms with Crippen LogP contribution in [-0.2, 0) is 4.79 Å². The summed E-state index contributed by atoms with van der Waals surface area (Å²) in [4.78, 5) is 11.3. The molecule has 1 aromatic rings. The fourth-order valence-electron chi connectivity index (χ4n) is 1.30. The van der Waals surface area contributed by atoms with E-state index >= 15 is 0 Å². The summed E-state index contributed by atoms with van der Waals surface area (Å²) in [6.45, 7) is 1.77. The predicted octanol–water partition coefficient (Wildman–Crippen LogP) is 2.79. The first-order chi connectivity index (χ1) is 7.15. The molecular weight excluding hydrogens is 261 g/mol. The average Bonchev–Trinajstić information content (AvgIpc) is 2.18. The fraction of sp³-hybridized carbons (Fsp3) is 0.364. The highest BCUT2D eigenvalue weighted by molar-refractivity contribution is 9.09. The molecule has 0 aromatic heterocycles. The number of hydrogen-bond donors (Lipinski definition) is 1. The number of rotatable bonds is 4. The highest BCUT2D eigenvalue weighted by Crippen LogP contribution is 2.15. The van der Waals surface area contributed by atoms with Crippen molar-refractivity contribution >= 4 is 21.8 Å². The Kier molecular flexibility index (Phi) is 4.75. The van der Waals surface area contributed by atoms with E-state index < -0.39 is 0 Å². The molecule has 0 radical (unpaired) electrons. The summed E-state index contributed by atoms with van der Waals surface area (Å²) in [6.07, 6.45) is 0.402. The van der Waals surface area contributed by atoms with Gasteiger partial charge in [-0.25, -0.2) is 4.39 Å². The van der Waals surface area contributed by atoms with Crippen LogP contribution in [-0.4, -0.2) is 11.2 Å². The van der Waals surface area contributed by atoms with Gasteiger partial charge in [0.25, 0.3) is 0 Å². The number of benzene rings is 1. The molecule has 0 bridgehead atoms. The van der Waals surface area contributed by atoms with Crippen LogP contribution in [0.15, 0.2) is 24.3 Å². The normalized spacial score (nSPS) is 12.2. The number of nitrogens with one attached hydrogen (secondary N) is 1. The molecule has 1 unspecified atom stereocenters. The zero-order valence-electron chi connectivity index (χ0n) is 8.47. The topological polar surface area (TPSA) is 29.1 Å². The van der Waals surface area contributed by atoms with Gasteiger partial charge in [-0.2, -0.15) is 0 Å². The van der Waals surface area contributed by atoms with Crippen molar-refractivity contribution < 1.29 is 9.18 Å². The lowest BCUT2D eigenvalue weighted by Crippen LogP contribution is -2.27. The molecule has 0 saturated carbocycles. The number of carbonyl (C=O) groups is 1. The van der Waals surface area contributed by atoms with Crippen molar-refractivity contribution in [3.8, 4) is 0 Å². The molecule has 0 fully saturated rings. The molecule has 2 nitrogen and oxygen atoms in total. The Bertz CT molecular complexity index is 343. The van der Waals surface area contributed by atoms with E-state index in [0.717, 1.165) is 0 Å². The molecule has 1 aromatic carbocycles. The minimum Gasteiger partial charge on any atom is -0.349 e. The second kappa shape index (κ2) is 5.85. The van der Waals surface area contributed by atoms with Gasteiger partial charge in [-0.15, -0.1) is 0 Å². The van der Waals surface area contributed by atoms with Gasteiger partial charge in [-0.1, -0.05) is 34.1 Å². The lowest BCUT2D eigenvalue weighted by Gasteiger charge is -2.14. The van der Waals surface area contributed by atoms with E-state index in [4.69, 9.17) is 0 Å². The van der Waals surface area contributed by atoms with Crippen molar-refractivity contribution in [2.45, 2.75) is 19.4 Å². The first-order valence-electron chi connectivity index (χ1n) is 4.75. The minimum atomic E-state index is -0.294. The Morgan fingerprint density at radius 3 is 2.80 bits per heavy atom.